The monoisotopic (exact) mass is 287 g/mol. The molecule has 1 aliphatic rings. The van der Waals surface area contributed by atoms with E-state index in [2.05, 4.69) is 10.6 Å². The lowest BCUT2D eigenvalue weighted by molar-refractivity contribution is -0.133. The number of thioether (sulfide) groups is 1. The van der Waals surface area contributed by atoms with Crippen LogP contribution in [0.5, 0.6) is 0 Å². The molecular formula is C12H21N3O3S. The minimum Gasteiger partial charge on any atom is -0.358 e. The Labute approximate surface area is 117 Å². The second-order valence-electron chi connectivity index (χ2n) is 4.35. The number of piperidine rings is 1. The number of amides is 3. The van der Waals surface area contributed by atoms with E-state index in [4.69, 9.17) is 0 Å². The first-order chi connectivity index (χ1) is 9.13. The SMILES string of the molecule is CNC(=O)CSCC(=O)NCCN1CCCCC1=O. The van der Waals surface area contributed by atoms with E-state index in [0.29, 0.717) is 19.5 Å². The quantitative estimate of drug-likeness (QED) is 0.667. The maximum absolute atomic E-state index is 11.5. The van der Waals surface area contributed by atoms with Crippen LogP contribution in [0.15, 0.2) is 0 Å². The molecule has 1 heterocycles. The van der Waals surface area contributed by atoms with Gasteiger partial charge in [-0.1, -0.05) is 0 Å². The Balaban J connectivity index is 2.06. The molecule has 0 bridgehead atoms. The van der Waals surface area contributed by atoms with E-state index in [-0.39, 0.29) is 29.2 Å². The molecule has 6 nitrogen and oxygen atoms in total. The third kappa shape index (κ3) is 6.47. The zero-order valence-corrected chi connectivity index (χ0v) is 12.1. The molecule has 108 valence electrons. The molecule has 0 atom stereocenters. The molecule has 1 rings (SSSR count). The molecular weight excluding hydrogens is 266 g/mol. The molecule has 0 aromatic carbocycles. The zero-order chi connectivity index (χ0) is 14.1. The zero-order valence-electron chi connectivity index (χ0n) is 11.2. The van der Waals surface area contributed by atoms with Crippen molar-refractivity contribution in [2.45, 2.75) is 19.3 Å². The van der Waals surface area contributed by atoms with Gasteiger partial charge in [-0.2, -0.15) is 0 Å². The fourth-order valence-corrected chi connectivity index (χ4v) is 2.51. The van der Waals surface area contributed by atoms with Crippen molar-refractivity contribution in [3.05, 3.63) is 0 Å². The van der Waals surface area contributed by atoms with Gasteiger partial charge in [0.1, 0.15) is 0 Å². The number of nitrogens with one attached hydrogen (secondary N) is 2. The number of carbonyl (C=O) groups excluding carboxylic acids is 3. The molecule has 0 spiro atoms. The van der Waals surface area contributed by atoms with Crippen LogP contribution in [-0.2, 0) is 14.4 Å². The Bertz CT molecular complexity index is 336. The van der Waals surface area contributed by atoms with Gasteiger partial charge in [-0.25, -0.2) is 0 Å². The van der Waals surface area contributed by atoms with Gasteiger partial charge in [0.15, 0.2) is 0 Å². The van der Waals surface area contributed by atoms with E-state index in [0.717, 1.165) is 19.4 Å². The summed E-state index contributed by atoms with van der Waals surface area (Å²) in [5, 5.41) is 5.25. The van der Waals surface area contributed by atoms with Gasteiger partial charge in [0.05, 0.1) is 11.5 Å². The highest BCUT2D eigenvalue weighted by Crippen LogP contribution is 2.09. The molecule has 2 N–H and O–H groups in total. The Hall–Kier alpha value is -1.24. The third-order valence-electron chi connectivity index (χ3n) is 2.87. The normalized spacial score (nSPS) is 15.2. The molecule has 0 aromatic rings. The summed E-state index contributed by atoms with van der Waals surface area (Å²) >= 11 is 1.28. The number of likely N-dealkylation sites (tertiary alicyclic amines) is 1. The van der Waals surface area contributed by atoms with Gasteiger partial charge >= 0.3 is 0 Å². The van der Waals surface area contributed by atoms with Gasteiger partial charge in [0.25, 0.3) is 0 Å². The molecule has 0 aliphatic carbocycles. The van der Waals surface area contributed by atoms with Crippen molar-refractivity contribution in [1.82, 2.24) is 15.5 Å². The summed E-state index contributed by atoms with van der Waals surface area (Å²) in [5.41, 5.74) is 0. The maximum Gasteiger partial charge on any atom is 0.230 e. The second kappa shape index (κ2) is 8.79. The molecule has 0 saturated carbocycles. The minimum absolute atomic E-state index is 0.0864. The smallest absolute Gasteiger partial charge is 0.230 e. The highest BCUT2D eigenvalue weighted by molar-refractivity contribution is 8.00. The second-order valence-corrected chi connectivity index (χ2v) is 5.34. The molecule has 1 fully saturated rings. The largest absolute Gasteiger partial charge is 0.358 e. The van der Waals surface area contributed by atoms with Crippen LogP contribution >= 0.6 is 11.8 Å². The number of rotatable bonds is 7. The summed E-state index contributed by atoms with van der Waals surface area (Å²) in [6, 6.07) is 0. The maximum atomic E-state index is 11.5. The molecule has 3 amide bonds. The van der Waals surface area contributed by atoms with Crippen molar-refractivity contribution in [2.75, 3.05) is 38.2 Å². The van der Waals surface area contributed by atoms with E-state index >= 15 is 0 Å². The topological polar surface area (TPSA) is 78.5 Å². The molecule has 1 saturated heterocycles. The van der Waals surface area contributed by atoms with Gasteiger partial charge in [0.2, 0.25) is 17.7 Å². The number of hydrogen-bond acceptors (Lipinski definition) is 4. The number of carbonyl (C=O) groups is 3. The summed E-state index contributed by atoms with van der Waals surface area (Å²) in [6.45, 7) is 1.84. The first kappa shape index (κ1) is 15.8. The van der Waals surface area contributed by atoms with E-state index in [1.807, 2.05) is 0 Å². The lowest BCUT2D eigenvalue weighted by Gasteiger charge is -2.26. The van der Waals surface area contributed by atoms with Crippen LogP contribution in [-0.4, -0.2) is 60.8 Å². The van der Waals surface area contributed by atoms with Crippen molar-refractivity contribution < 1.29 is 14.4 Å². The summed E-state index contributed by atoms with van der Waals surface area (Å²) in [4.78, 5) is 35.7. The fourth-order valence-electron chi connectivity index (χ4n) is 1.79. The van der Waals surface area contributed by atoms with E-state index < -0.39 is 0 Å². The van der Waals surface area contributed by atoms with Crippen LogP contribution in [0.25, 0.3) is 0 Å². The Morgan fingerprint density at radius 1 is 1.26 bits per heavy atom. The molecule has 19 heavy (non-hydrogen) atoms. The van der Waals surface area contributed by atoms with Gasteiger partial charge in [0, 0.05) is 33.1 Å². The molecule has 0 unspecified atom stereocenters. The van der Waals surface area contributed by atoms with Crippen molar-refractivity contribution >= 4 is 29.5 Å². The van der Waals surface area contributed by atoms with Crippen LogP contribution in [0.4, 0.5) is 0 Å². The van der Waals surface area contributed by atoms with Crippen molar-refractivity contribution in [3.63, 3.8) is 0 Å². The van der Waals surface area contributed by atoms with Crippen LogP contribution in [0.3, 0.4) is 0 Å². The van der Waals surface area contributed by atoms with Crippen molar-refractivity contribution in [3.8, 4) is 0 Å². The van der Waals surface area contributed by atoms with Crippen molar-refractivity contribution in [2.24, 2.45) is 0 Å². The minimum atomic E-state index is -0.0987. The van der Waals surface area contributed by atoms with Crippen LogP contribution in [0.1, 0.15) is 19.3 Å². The van der Waals surface area contributed by atoms with E-state index in [9.17, 15) is 14.4 Å². The Morgan fingerprint density at radius 2 is 2.00 bits per heavy atom. The fraction of sp³-hybridized carbons (Fsp3) is 0.750. The highest BCUT2D eigenvalue weighted by Gasteiger charge is 2.17. The highest BCUT2D eigenvalue weighted by atomic mass is 32.2. The molecule has 0 aromatic heterocycles. The van der Waals surface area contributed by atoms with Crippen LogP contribution in [0.2, 0.25) is 0 Å². The van der Waals surface area contributed by atoms with Crippen molar-refractivity contribution in [1.29, 1.82) is 0 Å². The summed E-state index contributed by atoms with van der Waals surface area (Å²) in [6.07, 6.45) is 2.63. The first-order valence-corrected chi connectivity index (χ1v) is 7.61. The third-order valence-corrected chi connectivity index (χ3v) is 3.80. The van der Waals surface area contributed by atoms with Crippen LogP contribution in [0, 0.1) is 0 Å². The Morgan fingerprint density at radius 3 is 2.68 bits per heavy atom. The number of hydrogen-bond donors (Lipinski definition) is 2. The van der Waals surface area contributed by atoms with Gasteiger partial charge < -0.3 is 15.5 Å². The van der Waals surface area contributed by atoms with Crippen LogP contribution < -0.4 is 10.6 Å². The van der Waals surface area contributed by atoms with Gasteiger partial charge in [-0.3, -0.25) is 14.4 Å². The average Bonchev–Trinajstić information content (AvgIpc) is 2.40. The lowest BCUT2D eigenvalue weighted by atomic mass is 10.1. The Kier molecular flexibility index (Phi) is 7.32. The molecule has 7 heteroatoms. The summed E-state index contributed by atoms with van der Waals surface area (Å²) in [7, 11) is 1.57. The van der Waals surface area contributed by atoms with E-state index in [1.54, 1.807) is 11.9 Å². The lowest BCUT2D eigenvalue weighted by Crippen LogP contribution is -2.41. The first-order valence-electron chi connectivity index (χ1n) is 6.46. The number of nitrogens with zero attached hydrogens (tertiary/aromatic N) is 1. The summed E-state index contributed by atoms with van der Waals surface area (Å²) in [5.74, 6) is 0.542. The van der Waals surface area contributed by atoms with Gasteiger partial charge in [-0.05, 0) is 12.8 Å². The average molecular weight is 287 g/mol. The molecule has 0 radical (unpaired) electrons. The standard InChI is InChI=1S/C12H21N3O3S/c1-13-10(16)8-19-9-11(17)14-5-7-15-6-3-2-4-12(15)18/h2-9H2,1H3,(H,13,16)(H,14,17). The summed E-state index contributed by atoms with van der Waals surface area (Å²) < 4.78 is 0. The predicted octanol–water partition coefficient (Wildman–Crippen LogP) is -0.406. The predicted molar refractivity (Wildman–Crippen MR) is 74.8 cm³/mol. The van der Waals surface area contributed by atoms with E-state index in [1.165, 1.54) is 11.8 Å². The molecule has 1 aliphatic heterocycles. The van der Waals surface area contributed by atoms with Gasteiger partial charge in [-0.15, -0.1) is 11.8 Å².